The number of hydrogen-bond acceptors (Lipinski definition) is 3. The smallest absolute Gasteiger partial charge is 0.377 e. The fraction of sp³-hybridized carbons (Fsp3) is 0.333. The van der Waals surface area contributed by atoms with Gasteiger partial charge in [-0.1, -0.05) is 30.3 Å². The van der Waals surface area contributed by atoms with Crippen molar-refractivity contribution in [3.05, 3.63) is 47.7 Å². The molecule has 0 saturated carbocycles. The Morgan fingerprint density at radius 3 is 2.50 bits per heavy atom. The molecule has 0 aliphatic carbocycles. The van der Waals surface area contributed by atoms with Gasteiger partial charge in [0, 0.05) is 6.54 Å². The van der Waals surface area contributed by atoms with E-state index in [1.807, 2.05) is 42.1 Å². The van der Waals surface area contributed by atoms with Crippen LogP contribution < -0.4 is 0 Å². The molecule has 1 aromatic carbocycles. The lowest BCUT2D eigenvalue weighted by Crippen LogP contribution is -2.47. The molecule has 1 aliphatic rings. The summed E-state index contributed by atoms with van der Waals surface area (Å²) in [7, 11) is -0.592. The molecule has 0 bridgehead atoms. The summed E-state index contributed by atoms with van der Waals surface area (Å²) in [5, 5.41) is 19.4. The Morgan fingerprint density at radius 2 is 1.94 bits per heavy atom. The lowest BCUT2D eigenvalue weighted by molar-refractivity contribution is 0.257. The van der Waals surface area contributed by atoms with Crippen LogP contribution in [0, 0.1) is 0 Å². The van der Waals surface area contributed by atoms with Crippen molar-refractivity contribution in [2.75, 3.05) is 6.54 Å². The molecular formula is C12H16BNO2. The van der Waals surface area contributed by atoms with Crippen LogP contribution in [0.1, 0.15) is 12.5 Å². The molecule has 4 heteroatoms. The molecule has 1 heterocycles. The highest BCUT2D eigenvalue weighted by atomic mass is 16.3. The van der Waals surface area contributed by atoms with Crippen molar-refractivity contribution in [2.45, 2.75) is 19.3 Å². The average molecular weight is 217 g/mol. The summed E-state index contributed by atoms with van der Waals surface area (Å²) in [4.78, 5) is 1.86. The van der Waals surface area contributed by atoms with Crippen LogP contribution in [0.15, 0.2) is 42.2 Å². The highest BCUT2D eigenvalue weighted by molar-refractivity contribution is 6.45. The molecular weight excluding hydrogens is 201 g/mol. The molecule has 0 radical (unpaired) electrons. The lowest BCUT2D eigenvalue weighted by atomic mass is 9.77. The normalized spacial score (nSPS) is 25.6. The summed E-state index contributed by atoms with van der Waals surface area (Å²) in [5.74, 6) is 0.312. The maximum Gasteiger partial charge on any atom is 0.377 e. The number of aliphatic hydroxyl groups is 1. The number of rotatable bonds is 2. The summed E-state index contributed by atoms with van der Waals surface area (Å²) in [5.41, 5.74) is 0.638. The first kappa shape index (κ1) is 11.2. The van der Waals surface area contributed by atoms with Crippen molar-refractivity contribution in [2.24, 2.45) is 0 Å². The van der Waals surface area contributed by atoms with Crippen LogP contribution in [0.4, 0.5) is 0 Å². The van der Waals surface area contributed by atoms with E-state index in [2.05, 4.69) is 0 Å². The third kappa shape index (κ3) is 1.74. The zero-order valence-electron chi connectivity index (χ0n) is 9.59. The van der Waals surface area contributed by atoms with Crippen molar-refractivity contribution >= 4 is 7.05 Å². The average Bonchev–Trinajstić information content (AvgIpc) is 2.57. The summed E-state index contributed by atoms with van der Waals surface area (Å²) in [6.07, 6.45) is 1.80. The van der Waals surface area contributed by atoms with E-state index in [4.69, 9.17) is 0 Å². The Hall–Kier alpha value is -1.26. The number of benzene rings is 1. The Balaban J connectivity index is 2.42. The first-order chi connectivity index (χ1) is 7.54. The molecule has 3 nitrogen and oxygen atoms in total. The Morgan fingerprint density at radius 1 is 1.31 bits per heavy atom. The van der Waals surface area contributed by atoms with E-state index in [0.29, 0.717) is 12.3 Å². The van der Waals surface area contributed by atoms with E-state index in [1.165, 1.54) is 0 Å². The van der Waals surface area contributed by atoms with Crippen LogP contribution in [0.2, 0.25) is 6.82 Å². The molecule has 0 saturated heterocycles. The quantitative estimate of drug-likeness (QED) is 0.742. The summed E-state index contributed by atoms with van der Waals surface area (Å²) in [6.45, 7) is 4.11. The number of hydrogen-bond donors (Lipinski definition) is 2. The second-order valence-electron chi connectivity index (χ2n) is 4.41. The number of aliphatic hydroxyl groups excluding tert-OH is 1. The van der Waals surface area contributed by atoms with Gasteiger partial charge < -0.3 is 10.1 Å². The summed E-state index contributed by atoms with van der Waals surface area (Å²) < 4.78 is 0. The van der Waals surface area contributed by atoms with Gasteiger partial charge in [-0.3, -0.25) is 4.81 Å². The molecule has 0 fully saturated rings. The zero-order chi connectivity index (χ0) is 11.8. The van der Waals surface area contributed by atoms with Crippen molar-refractivity contribution in [1.29, 1.82) is 0 Å². The molecule has 2 N–H and O–H groups in total. The minimum atomic E-state index is -0.592. The number of nitrogens with zero attached hydrogens (tertiary/aromatic N) is 1. The van der Waals surface area contributed by atoms with Crippen LogP contribution in [0.5, 0.6) is 0 Å². The molecule has 84 valence electrons. The highest BCUT2D eigenvalue weighted by Gasteiger charge is 2.41. The van der Waals surface area contributed by atoms with Crippen LogP contribution in [-0.4, -0.2) is 28.5 Å². The highest BCUT2D eigenvalue weighted by Crippen LogP contribution is 2.35. The minimum absolute atomic E-state index is 0.312. The molecule has 1 atom stereocenters. The molecule has 1 aromatic rings. The molecule has 16 heavy (non-hydrogen) atoms. The Bertz CT molecular complexity index is 405. The first-order valence-electron chi connectivity index (χ1n) is 5.45. The van der Waals surface area contributed by atoms with Gasteiger partial charge in [-0.15, -0.1) is 0 Å². The fourth-order valence-corrected chi connectivity index (χ4v) is 2.34. The van der Waals surface area contributed by atoms with Gasteiger partial charge in [-0.05, 0) is 25.4 Å². The molecule has 0 amide bonds. The van der Waals surface area contributed by atoms with Gasteiger partial charge in [0.15, 0.2) is 0 Å². The van der Waals surface area contributed by atoms with Gasteiger partial charge in [-0.2, -0.15) is 0 Å². The Labute approximate surface area is 96.2 Å². The van der Waals surface area contributed by atoms with E-state index in [9.17, 15) is 10.1 Å². The predicted molar refractivity (Wildman–Crippen MR) is 65.0 cm³/mol. The second kappa shape index (κ2) is 3.96. The minimum Gasteiger partial charge on any atom is -0.511 e. The Kier molecular flexibility index (Phi) is 2.78. The monoisotopic (exact) mass is 217 g/mol. The SMILES string of the molecule is CB(O)N1CC(O)=CC1(C)c1ccccc1. The first-order valence-corrected chi connectivity index (χ1v) is 5.45. The van der Waals surface area contributed by atoms with Crippen molar-refractivity contribution in [3.63, 3.8) is 0 Å². The van der Waals surface area contributed by atoms with E-state index in [1.54, 1.807) is 12.9 Å². The lowest BCUT2D eigenvalue weighted by Gasteiger charge is -2.35. The van der Waals surface area contributed by atoms with Gasteiger partial charge in [0.05, 0.1) is 5.54 Å². The maximum atomic E-state index is 9.75. The molecule has 1 unspecified atom stereocenters. The molecule has 0 spiro atoms. The third-order valence-electron chi connectivity index (χ3n) is 3.19. The van der Waals surface area contributed by atoms with Crippen LogP contribution >= 0.6 is 0 Å². The van der Waals surface area contributed by atoms with Crippen LogP contribution in [-0.2, 0) is 5.54 Å². The van der Waals surface area contributed by atoms with Crippen molar-refractivity contribution in [1.82, 2.24) is 4.81 Å². The fourth-order valence-electron chi connectivity index (χ4n) is 2.34. The van der Waals surface area contributed by atoms with Crippen LogP contribution in [0.25, 0.3) is 0 Å². The van der Waals surface area contributed by atoms with Crippen molar-refractivity contribution < 1.29 is 10.1 Å². The second-order valence-corrected chi connectivity index (χ2v) is 4.41. The van der Waals surface area contributed by atoms with E-state index in [-0.39, 0.29) is 0 Å². The standard InChI is InChI=1S/C12H16BNO2/c1-12(10-6-4-3-5-7-10)8-11(15)9-14(12)13(2)16/h3-8,15-16H,9H2,1-2H3. The van der Waals surface area contributed by atoms with E-state index in [0.717, 1.165) is 5.56 Å². The van der Waals surface area contributed by atoms with Crippen molar-refractivity contribution in [3.8, 4) is 0 Å². The zero-order valence-corrected chi connectivity index (χ0v) is 9.59. The van der Waals surface area contributed by atoms with Gasteiger partial charge in [0.1, 0.15) is 5.76 Å². The topological polar surface area (TPSA) is 43.7 Å². The van der Waals surface area contributed by atoms with E-state index >= 15 is 0 Å². The summed E-state index contributed by atoms with van der Waals surface area (Å²) >= 11 is 0. The third-order valence-corrected chi connectivity index (χ3v) is 3.19. The van der Waals surface area contributed by atoms with E-state index < -0.39 is 12.6 Å². The van der Waals surface area contributed by atoms with Gasteiger partial charge in [0.25, 0.3) is 0 Å². The van der Waals surface area contributed by atoms with Gasteiger partial charge in [-0.25, -0.2) is 0 Å². The molecule has 1 aliphatic heterocycles. The largest absolute Gasteiger partial charge is 0.511 e. The van der Waals surface area contributed by atoms with Crippen LogP contribution in [0.3, 0.4) is 0 Å². The summed E-state index contributed by atoms with van der Waals surface area (Å²) in [6, 6.07) is 9.89. The van der Waals surface area contributed by atoms with Gasteiger partial charge >= 0.3 is 7.05 Å². The predicted octanol–water partition coefficient (Wildman–Crippen LogP) is 1.77. The molecule has 2 rings (SSSR count). The maximum absolute atomic E-state index is 9.75. The molecule has 0 aromatic heterocycles. The van der Waals surface area contributed by atoms with Gasteiger partial charge in [0.2, 0.25) is 0 Å².